The molecule has 0 unspecified atom stereocenters. The van der Waals surface area contributed by atoms with Crippen molar-refractivity contribution in [2.75, 3.05) is 44.5 Å². The van der Waals surface area contributed by atoms with Crippen molar-refractivity contribution in [1.29, 1.82) is 0 Å². The zero-order valence-corrected chi connectivity index (χ0v) is 20.4. The second-order valence-electron chi connectivity index (χ2n) is 8.49. The molecule has 0 saturated carbocycles. The predicted octanol–water partition coefficient (Wildman–Crippen LogP) is 2.87. The van der Waals surface area contributed by atoms with Crippen LogP contribution in [0, 0.1) is 16.2 Å². The monoisotopic (exact) mass is 517 g/mol. The molecule has 3 aromatic rings. The number of hydrogen-bond acceptors (Lipinski definition) is 7. The highest BCUT2D eigenvalue weighted by atomic mass is 35.5. The number of hydrogen-bond donors (Lipinski definition) is 2. The van der Waals surface area contributed by atoms with Gasteiger partial charge in [0.15, 0.2) is 11.2 Å². The first-order chi connectivity index (χ1) is 17.2. The molecule has 0 spiro atoms. The van der Waals surface area contributed by atoms with E-state index in [4.69, 9.17) is 21.1 Å². The molecule has 0 radical (unpaired) electrons. The highest BCUT2D eigenvalue weighted by Gasteiger charge is 2.25. The fourth-order valence-electron chi connectivity index (χ4n) is 3.63. The van der Waals surface area contributed by atoms with E-state index >= 15 is 0 Å². The maximum absolute atomic E-state index is 13.6. The Morgan fingerprint density at radius 2 is 2.11 bits per heavy atom. The van der Waals surface area contributed by atoms with Gasteiger partial charge in [0.05, 0.1) is 23.9 Å². The fraction of sp³-hybridized carbons (Fsp3) is 0.292. The zero-order valence-electron chi connectivity index (χ0n) is 19.7. The summed E-state index contributed by atoms with van der Waals surface area (Å²) in [5, 5.41) is 31.0. The number of amides is 1. The number of rotatable bonds is 8. The number of carbonyl (C=O) groups is 1. The van der Waals surface area contributed by atoms with Gasteiger partial charge in [-0.2, -0.15) is 9.46 Å². The van der Waals surface area contributed by atoms with Crippen molar-refractivity contribution < 1.29 is 28.1 Å². The summed E-state index contributed by atoms with van der Waals surface area (Å²) in [5.41, 5.74) is 0.713. The maximum atomic E-state index is 13.6. The van der Waals surface area contributed by atoms with Gasteiger partial charge in [-0.3, -0.25) is 4.79 Å². The van der Waals surface area contributed by atoms with Crippen LogP contribution >= 0.6 is 11.6 Å². The summed E-state index contributed by atoms with van der Waals surface area (Å²) in [4.78, 5) is 14.5. The van der Waals surface area contributed by atoms with Gasteiger partial charge in [0.2, 0.25) is 5.91 Å². The first-order valence-electron chi connectivity index (χ1n) is 11.1. The third kappa shape index (κ3) is 5.93. The number of fused-ring (bicyclic) bond motifs is 1. The predicted molar refractivity (Wildman–Crippen MR) is 133 cm³/mol. The number of halogens is 2. The lowest BCUT2D eigenvalue weighted by atomic mass is 10.1. The number of ether oxygens (including phenoxy) is 2. The van der Waals surface area contributed by atoms with Crippen molar-refractivity contribution >= 4 is 45.6 Å². The van der Waals surface area contributed by atoms with Crippen LogP contribution in [0.25, 0.3) is 10.9 Å². The summed E-state index contributed by atoms with van der Waals surface area (Å²) >= 11 is 5.87. The molecule has 2 N–H and O–H groups in total. The van der Waals surface area contributed by atoms with E-state index in [1.807, 2.05) is 19.0 Å². The van der Waals surface area contributed by atoms with E-state index in [-0.39, 0.29) is 39.3 Å². The smallest absolute Gasteiger partial charge is 0.356 e. The molecule has 10 nitrogen and oxygen atoms in total. The average molecular weight is 518 g/mol. The summed E-state index contributed by atoms with van der Waals surface area (Å²) in [6.07, 6.45) is 4.29. The molecule has 1 atom stereocenters. The number of benzene rings is 2. The molecule has 1 aromatic heterocycles. The Morgan fingerprint density at radius 1 is 1.31 bits per heavy atom. The minimum atomic E-state index is -0.613. The SMILES string of the molecule is CN(C)C/C=C/C(=O)Nc1cc2c(Nc3ccc(F)c(Cl)c3)[n+]([O-])c[n+]([O-])c2cc1O[C@H]1CCOC1. The van der Waals surface area contributed by atoms with Crippen LogP contribution in [-0.2, 0) is 9.53 Å². The first kappa shape index (κ1) is 25.4. The van der Waals surface area contributed by atoms with Crippen LogP contribution in [0.5, 0.6) is 5.75 Å². The molecule has 1 aliphatic rings. The van der Waals surface area contributed by atoms with Gasteiger partial charge in [-0.15, -0.1) is 0 Å². The molecular weight excluding hydrogens is 493 g/mol. The third-order valence-electron chi connectivity index (χ3n) is 5.38. The first-order valence-corrected chi connectivity index (χ1v) is 11.5. The molecule has 1 amide bonds. The van der Waals surface area contributed by atoms with Crippen molar-refractivity contribution in [3.8, 4) is 5.75 Å². The number of nitrogens with one attached hydrogen (secondary N) is 2. The quantitative estimate of drug-likeness (QED) is 0.268. The van der Waals surface area contributed by atoms with E-state index in [2.05, 4.69) is 10.6 Å². The summed E-state index contributed by atoms with van der Waals surface area (Å²) in [5.74, 6) is -0.785. The van der Waals surface area contributed by atoms with Crippen LogP contribution in [0.1, 0.15) is 6.42 Å². The molecule has 2 heterocycles. The van der Waals surface area contributed by atoms with E-state index in [1.165, 1.54) is 30.3 Å². The summed E-state index contributed by atoms with van der Waals surface area (Å²) in [7, 11) is 3.75. The van der Waals surface area contributed by atoms with Crippen molar-refractivity contribution in [2.24, 2.45) is 0 Å². The van der Waals surface area contributed by atoms with Gasteiger partial charge in [0, 0.05) is 31.2 Å². The minimum Gasteiger partial charge on any atom is -0.679 e. The van der Waals surface area contributed by atoms with Crippen LogP contribution in [0.2, 0.25) is 5.02 Å². The van der Waals surface area contributed by atoms with Gasteiger partial charge in [-0.1, -0.05) is 17.7 Å². The van der Waals surface area contributed by atoms with E-state index in [0.29, 0.717) is 41.3 Å². The number of carbonyl (C=O) groups excluding carboxylic acids is 1. The Bertz CT molecular complexity index is 1310. The molecule has 2 aromatic carbocycles. The maximum Gasteiger partial charge on any atom is 0.356 e. The van der Waals surface area contributed by atoms with Gasteiger partial charge in [0.25, 0.3) is 0 Å². The lowest BCUT2D eigenvalue weighted by Gasteiger charge is -2.18. The lowest BCUT2D eigenvalue weighted by molar-refractivity contribution is -0.722. The van der Waals surface area contributed by atoms with Gasteiger partial charge < -0.3 is 30.1 Å². The summed E-state index contributed by atoms with van der Waals surface area (Å²) in [6.45, 7) is 1.48. The Hall–Kier alpha value is -3.67. The molecule has 1 saturated heterocycles. The average Bonchev–Trinajstić information content (AvgIpc) is 3.32. The largest absolute Gasteiger partial charge is 0.679 e. The molecule has 1 fully saturated rings. The molecule has 4 rings (SSSR count). The normalized spacial score (nSPS) is 15.6. The van der Waals surface area contributed by atoms with Gasteiger partial charge in [-0.05, 0) is 32.3 Å². The van der Waals surface area contributed by atoms with Gasteiger partial charge >= 0.3 is 12.1 Å². The van der Waals surface area contributed by atoms with Gasteiger partial charge in [0.1, 0.15) is 23.1 Å². The van der Waals surface area contributed by atoms with Crippen LogP contribution in [0.15, 0.2) is 48.8 Å². The van der Waals surface area contributed by atoms with Crippen molar-refractivity contribution in [2.45, 2.75) is 12.5 Å². The van der Waals surface area contributed by atoms with E-state index < -0.39 is 11.7 Å². The molecule has 36 heavy (non-hydrogen) atoms. The zero-order chi connectivity index (χ0) is 25.8. The van der Waals surface area contributed by atoms with E-state index in [9.17, 15) is 19.6 Å². The van der Waals surface area contributed by atoms with E-state index in [0.717, 1.165) is 12.4 Å². The van der Waals surface area contributed by atoms with Crippen LogP contribution in [0.4, 0.5) is 21.6 Å². The minimum absolute atomic E-state index is 0.0193. The second-order valence-corrected chi connectivity index (χ2v) is 8.90. The molecule has 0 bridgehead atoms. The Balaban J connectivity index is 1.77. The summed E-state index contributed by atoms with van der Waals surface area (Å²) < 4.78 is 25.8. The summed E-state index contributed by atoms with van der Waals surface area (Å²) in [6, 6.07) is 6.81. The molecule has 190 valence electrons. The van der Waals surface area contributed by atoms with Crippen LogP contribution in [0.3, 0.4) is 0 Å². The third-order valence-corrected chi connectivity index (χ3v) is 5.67. The number of aromatic nitrogens is 2. The topological polar surface area (TPSA) is 117 Å². The standard InChI is InChI=1S/C24H25ClFN5O5/c1-29(2)8-3-4-23(32)28-20-11-17-21(12-22(20)36-16-7-9-35-13-16)30(33)14-31(34)24(17)27-15-5-6-19(26)18(25)10-15/h3-6,10-12,14,16,27H,7-9,13H2,1-2H3,(H,28,32)/b4-3+/t16-/m0/s1. The number of likely N-dealkylation sites (N-methyl/N-ethyl adjacent to an activating group) is 1. The van der Waals surface area contributed by atoms with E-state index in [1.54, 1.807) is 6.08 Å². The van der Waals surface area contributed by atoms with Crippen molar-refractivity contribution in [3.05, 3.63) is 70.1 Å². The lowest BCUT2D eigenvalue weighted by Crippen LogP contribution is -2.42. The second kappa shape index (κ2) is 10.9. The van der Waals surface area contributed by atoms with Crippen LogP contribution in [-0.4, -0.2) is 50.8 Å². The highest BCUT2D eigenvalue weighted by molar-refractivity contribution is 6.31. The molecule has 0 aliphatic carbocycles. The van der Waals surface area contributed by atoms with Crippen molar-refractivity contribution in [1.82, 2.24) is 4.90 Å². The fourth-order valence-corrected chi connectivity index (χ4v) is 3.81. The Labute approximate surface area is 211 Å². The number of nitrogens with zero attached hydrogens (tertiary/aromatic N) is 3. The highest BCUT2D eigenvalue weighted by Crippen LogP contribution is 2.34. The molecular formula is C24H25ClFN5O5. The molecule has 12 heteroatoms. The Morgan fingerprint density at radius 3 is 2.81 bits per heavy atom. The molecule has 1 aliphatic heterocycles. The van der Waals surface area contributed by atoms with Gasteiger partial charge in [-0.25, -0.2) is 9.71 Å². The van der Waals surface area contributed by atoms with Crippen molar-refractivity contribution in [3.63, 3.8) is 0 Å². The van der Waals surface area contributed by atoms with Crippen LogP contribution < -0.4 is 24.8 Å². The Kier molecular flexibility index (Phi) is 7.73. The number of anilines is 3.